The molecule has 112 valence electrons. The van der Waals surface area contributed by atoms with Gasteiger partial charge in [-0.15, -0.1) is 11.3 Å². The number of unbranched alkanes of at least 4 members (excludes halogenated alkanes) is 1. The molecule has 4 heteroatoms. The first-order valence-electron chi connectivity index (χ1n) is 7.24. The van der Waals surface area contributed by atoms with Crippen molar-refractivity contribution in [3.05, 3.63) is 51.7 Å². The predicted molar refractivity (Wildman–Crippen MR) is 87.1 cm³/mol. The summed E-state index contributed by atoms with van der Waals surface area (Å²) in [5.74, 6) is 0.857. The van der Waals surface area contributed by atoms with Gasteiger partial charge in [0.25, 0.3) is 5.91 Å². The van der Waals surface area contributed by atoms with Crippen LogP contribution >= 0.6 is 11.3 Å². The zero-order valence-corrected chi connectivity index (χ0v) is 13.3. The van der Waals surface area contributed by atoms with Gasteiger partial charge in [0.05, 0.1) is 4.88 Å². The third-order valence-corrected chi connectivity index (χ3v) is 4.10. The average Bonchev–Trinajstić information content (AvgIpc) is 2.96. The summed E-state index contributed by atoms with van der Waals surface area (Å²) in [6.07, 6.45) is 2.10. The zero-order valence-electron chi connectivity index (χ0n) is 12.5. The molecule has 0 saturated heterocycles. The van der Waals surface area contributed by atoms with Crippen molar-refractivity contribution in [2.45, 2.75) is 33.3 Å². The van der Waals surface area contributed by atoms with Crippen molar-refractivity contribution in [3.63, 3.8) is 0 Å². The number of aryl methyl sites for hydroxylation is 1. The topological polar surface area (TPSA) is 38.3 Å². The highest BCUT2D eigenvalue weighted by atomic mass is 32.1. The Morgan fingerprint density at radius 3 is 2.76 bits per heavy atom. The normalized spacial score (nSPS) is 10.4. The summed E-state index contributed by atoms with van der Waals surface area (Å²) < 4.78 is 5.71. The summed E-state index contributed by atoms with van der Waals surface area (Å²) in [4.78, 5) is 12.6. The number of nitrogens with one attached hydrogen (secondary N) is 1. The van der Waals surface area contributed by atoms with E-state index in [1.54, 1.807) is 0 Å². The monoisotopic (exact) mass is 303 g/mol. The summed E-state index contributed by atoms with van der Waals surface area (Å²) in [6, 6.07) is 9.87. The third kappa shape index (κ3) is 4.90. The molecule has 0 unspecified atom stereocenters. The third-order valence-electron chi connectivity index (χ3n) is 3.12. The number of thiophene rings is 1. The fourth-order valence-corrected chi connectivity index (χ4v) is 2.65. The Hall–Kier alpha value is -1.81. The second kappa shape index (κ2) is 7.84. The van der Waals surface area contributed by atoms with Crippen LogP contribution in [0.4, 0.5) is 0 Å². The van der Waals surface area contributed by atoms with Crippen molar-refractivity contribution >= 4 is 17.2 Å². The van der Waals surface area contributed by atoms with Gasteiger partial charge in [0.1, 0.15) is 12.4 Å². The van der Waals surface area contributed by atoms with E-state index in [0.717, 1.165) is 35.6 Å². The van der Waals surface area contributed by atoms with Crippen molar-refractivity contribution in [2.75, 3.05) is 6.54 Å². The molecule has 0 saturated carbocycles. The van der Waals surface area contributed by atoms with E-state index in [1.165, 1.54) is 16.9 Å². The van der Waals surface area contributed by atoms with Crippen molar-refractivity contribution in [1.29, 1.82) is 0 Å². The summed E-state index contributed by atoms with van der Waals surface area (Å²) in [5, 5.41) is 4.90. The van der Waals surface area contributed by atoms with E-state index in [9.17, 15) is 4.79 Å². The molecule has 0 atom stereocenters. The van der Waals surface area contributed by atoms with Crippen molar-refractivity contribution in [1.82, 2.24) is 5.32 Å². The Kier molecular flexibility index (Phi) is 5.81. The van der Waals surface area contributed by atoms with Gasteiger partial charge in [0, 0.05) is 12.1 Å². The standard InChI is InChI=1S/C17H21NO2S/c1-3-4-9-18-17(19)16-10-14(12-21-16)11-20-15-7-5-13(2)6-8-15/h5-8,10,12H,3-4,9,11H2,1-2H3,(H,18,19). The molecule has 2 rings (SSSR count). The van der Waals surface area contributed by atoms with Crippen LogP contribution in [-0.4, -0.2) is 12.5 Å². The van der Waals surface area contributed by atoms with Crippen LogP contribution in [0.15, 0.2) is 35.7 Å². The lowest BCUT2D eigenvalue weighted by Crippen LogP contribution is -2.23. The number of carbonyl (C=O) groups excluding carboxylic acids is 1. The molecule has 0 radical (unpaired) electrons. The molecule has 1 N–H and O–H groups in total. The Morgan fingerprint density at radius 2 is 2.05 bits per heavy atom. The van der Waals surface area contributed by atoms with Gasteiger partial charge in [-0.2, -0.15) is 0 Å². The van der Waals surface area contributed by atoms with E-state index < -0.39 is 0 Å². The van der Waals surface area contributed by atoms with Crippen LogP contribution in [0.5, 0.6) is 5.75 Å². The minimum Gasteiger partial charge on any atom is -0.489 e. The maximum atomic E-state index is 11.9. The minimum atomic E-state index is 0.00929. The summed E-state index contributed by atoms with van der Waals surface area (Å²) >= 11 is 1.46. The fourth-order valence-electron chi connectivity index (χ4n) is 1.84. The molecule has 21 heavy (non-hydrogen) atoms. The van der Waals surface area contributed by atoms with Crippen molar-refractivity contribution < 1.29 is 9.53 Å². The van der Waals surface area contributed by atoms with E-state index in [1.807, 2.05) is 42.6 Å². The zero-order chi connectivity index (χ0) is 15.1. The highest BCUT2D eigenvalue weighted by Gasteiger charge is 2.08. The number of ether oxygens (including phenoxy) is 1. The SMILES string of the molecule is CCCCNC(=O)c1cc(COc2ccc(C)cc2)cs1. The maximum Gasteiger partial charge on any atom is 0.261 e. The molecule has 2 aromatic rings. The van der Waals surface area contributed by atoms with Crippen molar-refractivity contribution in [2.24, 2.45) is 0 Å². The first kappa shape index (κ1) is 15.6. The molecule has 0 aliphatic heterocycles. The highest BCUT2D eigenvalue weighted by molar-refractivity contribution is 7.12. The number of hydrogen-bond acceptors (Lipinski definition) is 3. The smallest absolute Gasteiger partial charge is 0.261 e. The molecule has 0 aliphatic carbocycles. The molecule has 3 nitrogen and oxygen atoms in total. The first-order chi connectivity index (χ1) is 10.2. The van der Waals surface area contributed by atoms with Gasteiger partial charge < -0.3 is 10.1 Å². The summed E-state index contributed by atoms with van der Waals surface area (Å²) in [5.41, 5.74) is 2.24. The van der Waals surface area contributed by atoms with Gasteiger partial charge in [-0.3, -0.25) is 4.79 Å². The number of carbonyl (C=O) groups is 1. The molecular formula is C17H21NO2S. The predicted octanol–water partition coefficient (Wildman–Crippen LogP) is 4.17. The highest BCUT2D eigenvalue weighted by Crippen LogP contribution is 2.18. The first-order valence-corrected chi connectivity index (χ1v) is 8.12. The van der Waals surface area contributed by atoms with Gasteiger partial charge in [0.15, 0.2) is 0 Å². The van der Waals surface area contributed by atoms with Gasteiger partial charge in [0.2, 0.25) is 0 Å². The fraction of sp³-hybridized carbons (Fsp3) is 0.353. The van der Waals surface area contributed by atoms with Crippen LogP contribution in [0.25, 0.3) is 0 Å². The minimum absolute atomic E-state index is 0.00929. The molecule has 0 bridgehead atoms. The Morgan fingerprint density at radius 1 is 1.29 bits per heavy atom. The summed E-state index contributed by atoms with van der Waals surface area (Å²) in [7, 11) is 0. The maximum absolute atomic E-state index is 11.9. The molecule has 1 aromatic heterocycles. The lowest BCUT2D eigenvalue weighted by atomic mass is 10.2. The van der Waals surface area contributed by atoms with Crippen LogP contribution in [0, 0.1) is 6.92 Å². The lowest BCUT2D eigenvalue weighted by molar-refractivity contribution is 0.0957. The molecule has 0 fully saturated rings. The van der Waals surface area contributed by atoms with Crippen LogP contribution < -0.4 is 10.1 Å². The Labute approximate surface area is 130 Å². The van der Waals surface area contributed by atoms with Gasteiger partial charge >= 0.3 is 0 Å². The number of hydrogen-bond donors (Lipinski definition) is 1. The second-order valence-electron chi connectivity index (χ2n) is 5.03. The van der Waals surface area contributed by atoms with Gasteiger partial charge in [-0.25, -0.2) is 0 Å². The largest absolute Gasteiger partial charge is 0.489 e. The van der Waals surface area contributed by atoms with E-state index in [-0.39, 0.29) is 5.91 Å². The quantitative estimate of drug-likeness (QED) is 0.780. The van der Waals surface area contributed by atoms with Gasteiger partial charge in [-0.05, 0) is 36.9 Å². The van der Waals surface area contributed by atoms with E-state index in [2.05, 4.69) is 12.2 Å². The second-order valence-corrected chi connectivity index (χ2v) is 5.94. The molecule has 1 heterocycles. The molecule has 0 aliphatic rings. The molecular weight excluding hydrogens is 282 g/mol. The molecule has 1 amide bonds. The van der Waals surface area contributed by atoms with Crippen LogP contribution in [-0.2, 0) is 6.61 Å². The van der Waals surface area contributed by atoms with E-state index in [4.69, 9.17) is 4.74 Å². The van der Waals surface area contributed by atoms with Crippen LogP contribution in [0.1, 0.15) is 40.6 Å². The summed E-state index contributed by atoms with van der Waals surface area (Å²) in [6.45, 7) is 5.38. The van der Waals surface area contributed by atoms with E-state index >= 15 is 0 Å². The van der Waals surface area contributed by atoms with Crippen molar-refractivity contribution in [3.8, 4) is 5.75 Å². The molecule has 0 spiro atoms. The number of rotatable bonds is 7. The molecule has 1 aromatic carbocycles. The van der Waals surface area contributed by atoms with Gasteiger partial charge in [-0.1, -0.05) is 31.0 Å². The number of benzene rings is 1. The van der Waals surface area contributed by atoms with Crippen LogP contribution in [0.2, 0.25) is 0 Å². The Balaban J connectivity index is 1.85. The average molecular weight is 303 g/mol. The Bertz CT molecular complexity index is 575. The van der Waals surface area contributed by atoms with Crippen LogP contribution in [0.3, 0.4) is 0 Å². The number of amides is 1. The lowest BCUT2D eigenvalue weighted by Gasteiger charge is -2.04. The van der Waals surface area contributed by atoms with E-state index in [0.29, 0.717) is 6.61 Å².